The van der Waals surface area contributed by atoms with Crippen LogP contribution < -0.4 is 16.1 Å². The van der Waals surface area contributed by atoms with E-state index < -0.39 is 11.8 Å². The SMILES string of the molecule is C/C(CC(=O)NC1CCCC1)=N\NC(=O)C(=O)NC(C)C. The van der Waals surface area contributed by atoms with Crippen LogP contribution in [0.15, 0.2) is 5.10 Å². The Bertz CT molecular complexity index is 426. The lowest BCUT2D eigenvalue weighted by Crippen LogP contribution is -2.41. The van der Waals surface area contributed by atoms with Gasteiger partial charge in [-0.15, -0.1) is 0 Å². The molecule has 1 fully saturated rings. The first kappa shape index (κ1) is 17.1. The van der Waals surface area contributed by atoms with Crippen LogP contribution in [0.5, 0.6) is 0 Å². The van der Waals surface area contributed by atoms with Gasteiger partial charge in [-0.3, -0.25) is 14.4 Å². The minimum atomic E-state index is -0.834. The van der Waals surface area contributed by atoms with Gasteiger partial charge in [-0.2, -0.15) is 5.10 Å². The van der Waals surface area contributed by atoms with Gasteiger partial charge in [0, 0.05) is 17.8 Å². The van der Waals surface area contributed by atoms with Gasteiger partial charge in [0.2, 0.25) is 5.91 Å². The van der Waals surface area contributed by atoms with E-state index in [4.69, 9.17) is 0 Å². The molecule has 3 amide bonds. The first-order valence-corrected chi connectivity index (χ1v) is 7.32. The molecule has 0 aromatic carbocycles. The molecule has 1 aliphatic carbocycles. The fraction of sp³-hybridized carbons (Fsp3) is 0.714. The van der Waals surface area contributed by atoms with Gasteiger partial charge in [0.1, 0.15) is 0 Å². The number of hydrogen-bond acceptors (Lipinski definition) is 4. The zero-order chi connectivity index (χ0) is 15.8. The van der Waals surface area contributed by atoms with Crippen molar-refractivity contribution in [3.05, 3.63) is 0 Å². The quantitative estimate of drug-likeness (QED) is 0.390. The molecule has 3 N–H and O–H groups in total. The normalized spacial score (nSPS) is 15.9. The van der Waals surface area contributed by atoms with E-state index >= 15 is 0 Å². The predicted octanol–water partition coefficient (Wildman–Crippen LogP) is 0.452. The molecule has 1 rings (SSSR count). The van der Waals surface area contributed by atoms with Crippen LogP contribution in [0.2, 0.25) is 0 Å². The van der Waals surface area contributed by atoms with Gasteiger partial charge in [-0.25, -0.2) is 5.43 Å². The van der Waals surface area contributed by atoms with Gasteiger partial charge >= 0.3 is 11.8 Å². The molecular formula is C14H24N4O3. The fourth-order valence-electron chi connectivity index (χ4n) is 2.15. The van der Waals surface area contributed by atoms with Crippen molar-refractivity contribution < 1.29 is 14.4 Å². The molecule has 0 radical (unpaired) electrons. The molecule has 7 nitrogen and oxygen atoms in total. The molecule has 0 saturated heterocycles. The zero-order valence-corrected chi connectivity index (χ0v) is 12.9. The summed E-state index contributed by atoms with van der Waals surface area (Å²) in [7, 11) is 0. The minimum absolute atomic E-state index is 0.107. The van der Waals surface area contributed by atoms with Crippen LogP contribution in [0.4, 0.5) is 0 Å². The van der Waals surface area contributed by atoms with Crippen molar-refractivity contribution in [1.29, 1.82) is 0 Å². The molecule has 118 valence electrons. The van der Waals surface area contributed by atoms with Crippen molar-refractivity contribution in [1.82, 2.24) is 16.1 Å². The summed E-state index contributed by atoms with van der Waals surface area (Å²) in [5, 5.41) is 9.15. The number of carbonyl (C=O) groups excluding carboxylic acids is 3. The highest BCUT2D eigenvalue weighted by molar-refractivity contribution is 6.35. The maximum Gasteiger partial charge on any atom is 0.329 e. The molecule has 1 aliphatic rings. The summed E-state index contributed by atoms with van der Waals surface area (Å²) in [4.78, 5) is 34.5. The van der Waals surface area contributed by atoms with Crippen LogP contribution in [0.1, 0.15) is 52.9 Å². The van der Waals surface area contributed by atoms with E-state index in [0.717, 1.165) is 25.7 Å². The number of hydrazone groups is 1. The molecule has 0 bridgehead atoms. The van der Waals surface area contributed by atoms with Gasteiger partial charge in [-0.05, 0) is 33.6 Å². The maximum atomic E-state index is 11.7. The number of rotatable bonds is 5. The van der Waals surface area contributed by atoms with Crippen molar-refractivity contribution in [3.63, 3.8) is 0 Å². The van der Waals surface area contributed by atoms with E-state index in [1.807, 2.05) is 0 Å². The smallest absolute Gasteiger partial charge is 0.329 e. The standard InChI is InChI=1S/C14H24N4O3/c1-9(2)15-13(20)14(21)18-17-10(3)8-12(19)16-11-6-4-5-7-11/h9,11H,4-8H2,1-3H3,(H,15,20)(H,16,19)(H,18,21)/b17-10+. The third-order valence-electron chi connectivity index (χ3n) is 3.11. The monoisotopic (exact) mass is 296 g/mol. The molecule has 0 aromatic heterocycles. The molecule has 0 unspecified atom stereocenters. The highest BCUT2D eigenvalue weighted by Crippen LogP contribution is 2.17. The molecule has 1 saturated carbocycles. The Morgan fingerprint density at radius 3 is 2.33 bits per heavy atom. The van der Waals surface area contributed by atoms with E-state index in [9.17, 15) is 14.4 Å². The Hall–Kier alpha value is -1.92. The van der Waals surface area contributed by atoms with Crippen LogP contribution in [0.25, 0.3) is 0 Å². The van der Waals surface area contributed by atoms with Crippen LogP contribution in [-0.2, 0) is 14.4 Å². The largest absolute Gasteiger partial charge is 0.353 e. The minimum Gasteiger partial charge on any atom is -0.353 e. The molecule has 0 aromatic rings. The van der Waals surface area contributed by atoms with Crippen LogP contribution in [0.3, 0.4) is 0 Å². The first-order chi connectivity index (χ1) is 9.88. The van der Waals surface area contributed by atoms with E-state index in [-0.39, 0.29) is 24.4 Å². The van der Waals surface area contributed by atoms with Gasteiger partial charge in [-0.1, -0.05) is 12.8 Å². The van der Waals surface area contributed by atoms with E-state index in [1.54, 1.807) is 20.8 Å². The molecule has 0 spiro atoms. The summed E-state index contributed by atoms with van der Waals surface area (Å²) in [5.41, 5.74) is 2.60. The number of amides is 3. The van der Waals surface area contributed by atoms with Crippen LogP contribution >= 0.6 is 0 Å². The maximum absolute atomic E-state index is 11.7. The third-order valence-corrected chi connectivity index (χ3v) is 3.11. The second-order valence-corrected chi connectivity index (χ2v) is 5.64. The van der Waals surface area contributed by atoms with Gasteiger partial charge in [0.25, 0.3) is 0 Å². The Labute approximate surface area is 124 Å². The third kappa shape index (κ3) is 6.87. The topological polar surface area (TPSA) is 99.7 Å². The highest BCUT2D eigenvalue weighted by Gasteiger charge is 2.17. The Balaban J connectivity index is 2.33. The van der Waals surface area contributed by atoms with Crippen LogP contribution in [0, 0.1) is 0 Å². The molecule has 7 heteroatoms. The van der Waals surface area contributed by atoms with Crippen molar-refractivity contribution >= 4 is 23.4 Å². The van der Waals surface area contributed by atoms with E-state index in [0.29, 0.717) is 5.71 Å². The average Bonchev–Trinajstić information content (AvgIpc) is 2.87. The Morgan fingerprint density at radius 2 is 1.76 bits per heavy atom. The summed E-state index contributed by atoms with van der Waals surface area (Å²) < 4.78 is 0. The van der Waals surface area contributed by atoms with E-state index in [2.05, 4.69) is 21.2 Å². The van der Waals surface area contributed by atoms with Crippen molar-refractivity contribution in [2.75, 3.05) is 0 Å². The lowest BCUT2D eigenvalue weighted by molar-refractivity contribution is -0.139. The lowest BCUT2D eigenvalue weighted by Gasteiger charge is -2.11. The molecule has 0 atom stereocenters. The van der Waals surface area contributed by atoms with E-state index in [1.165, 1.54) is 0 Å². The predicted molar refractivity (Wildman–Crippen MR) is 79.5 cm³/mol. The fourth-order valence-corrected chi connectivity index (χ4v) is 2.15. The van der Waals surface area contributed by atoms with Gasteiger partial charge in [0.05, 0.1) is 6.42 Å². The lowest BCUT2D eigenvalue weighted by atomic mass is 10.2. The Kier molecular flexibility index (Phi) is 6.84. The van der Waals surface area contributed by atoms with Crippen molar-refractivity contribution in [2.45, 2.75) is 65.0 Å². The summed E-state index contributed by atoms with van der Waals surface area (Å²) in [6, 6.07) is 0.141. The second-order valence-electron chi connectivity index (χ2n) is 5.64. The molecule has 0 heterocycles. The summed E-state index contributed by atoms with van der Waals surface area (Å²) >= 11 is 0. The molecule has 21 heavy (non-hydrogen) atoms. The molecule has 0 aliphatic heterocycles. The first-order valence-electron chi connectivity index (χ1n) is 7.32. The number of carbonyl (C=O) groups is 3. The van der Waals surface area contributed by atoms with Crippen LogP contribution in [-0.4, -0.2) is 35.5 Å². The second kappa shape index (κ2) is 8.39. The Morgan fingerprint density at radius 1 is 1.14 bits per heavy atom. The summed E-state index contributed by atoms with van der Waals surface area (Å²) in [6.07, 6.45) is 4.46. The summed E-state index contributed by atoms with van der Waals surface area (Å²) in [6.45, 7) is 5.15. The molecular weight excluding hydrogens is 272 g/mol. The van der Waals surface area contributed by atoms with Gasteiger partial charge in [0.15, 0.2) is 0 Å². The number of nitrogens with zero attached hydrogens (tertiary/aromatic N) is 1. The number of nitrogens with one attached hydrogen (secondary N) is 3. The van der Waals surface area contributed by atoms with Gasteiger partial charge < -0.3 is 10.6 Å². The average molecular weight is 296 g/mol. The van der Waals surface area contributed by atoms with Crippen molar-refractivity contribution in [3.8, 4) is 0 Å². The number of hydrogen-bond donors (Lipinski definition) is 3. The highest BCUT2D eigenvalue weighted by atomic mass is 16.2. The van der Waals surface area contributed by atoms with Crippen molar-refractivity contribution in [2.24, 2.45) is 5.10 Å². The summed E-state index contributed by atoms with van der Waals surface area (Å²) in [5.74, 6) is -1.68. The zero-order valence-electron chi connectivity index (χ0n) is 12.9.